The molecule has 1 atom stereocenters. The number of aryl methyl sites for hydroxylation is 1. The average Bonchev–Trinajstić information content (AvgIpc) is 3.06. The van der Waals surface area contributed by atoms with Crippen molar-refractivity contribution in [3.05, 3.63) is 41.4 Å². The van der Waals surface area contributed by atoms with Crippen molar-refractivity contribution in [3.8, 4) is 5.75 Å². The van der Waals surface area contributed by atoms with Crippen LogP contribution < -0.4 is 15.2 Å². The number of rotatable bonds is 7. The van der Waals surface area contributed by atoms with Gasteiger partial charge in [-0.1, -0.05) is 11.6 Å². The highest BCUT2D eigenvalue weighted by atomic mass is 35.5. The summed E-state index contributed by atoms with van der Waals surface area (Å²) in [7, 11) is -3.86. The van der Waals surface area contributed by atoms with Crippen LogP contribution in [-0.2, 0) is 27.8 Å². The maximum absolute atomic E-state index is 12.7. The van der Waals surface area contributed by atoms with E-state index < -0.39 is 22.5 Å². The molecular weight excluding hydrogens is 380 g/mol. The number of aromatic nitrogens is 2. The Morgan fingerprint density at radius 1 is 1.46 bits per heavy atom. The van der Waals surface area contributed by atoms with Gasteiger partial charge in [-0.05, 0) is 30.5 Å². The molecule has 8 nitrogen and oxygen atoms in total. The molecule has 1 aliphatic rings. The number of nitrogens with two attached hydrogens (primary N) is 1. The summed E-state index contributed by atoms with van der Waals surface area (Å²) in [5.41, 5.74) is 5.05. The predicted octanol–water partition coefficient (Wildman–Crippen LogP) is 0.941. The van der Waals surface area contributed by atoms with Crippen LogP contribution in [0.3, 0.4) is 0 Å². The number of primary amides is 1. The van der Waals surface area contributed by atoms with Gasteiger partial charge in [0.25, 0.3) is 5.91 Å². The first-order chi connectivity index (χ1) is 12.3. The molecule has 140 valence electrons. The Morgan fingerprint density at radius 3 is 3.04 bits per heavy atom. The summed E-state index contributed by atoms with van der Waals surface area (Å²) in [6.07, 6.45) is 5.29. The van der Waals surface area contributed by atoms with E-state index in [0.717, 1.165) is 18.7 Å². The van der Waals surface area contributed by atoms with Gasteiger partial charge in [-0.3, -0.25) is 4.79 Å². The smallest absolute Gasteiger partial charge is 0.255 e. The van der Waals surface area contributed by atoms with Gasteiger partial charge in [0.1, 0.15) is 16.5 Å². The lowest BCUT2D eigenvalue weighted by atomic mass is 10.00. The molecule has 0 spiro atoms. The zero-order valence-electron chi connectivity index (χ0n) is 13.9. The molecule has 0 saturated carbocycles. The summed E-state index contributed by atoms with van der Waals surface area (Å²) in [6.45, 7) is 0.566. The summed E-state index contributed by atoms with van der Waals surface area (Å²) in [4.78, 5) is 15.0. The van der Waals surface area contributed by atoms with E-state index in [1.807, 2.05) is 10.8 Å². The van der Waals surface area contributed by atoms with Gasteiger partial charge in [-0.15, -0.1) is 0 Å². The van der Waals surface area contributed by atoms with Gasteiger partial charge < -0.3 is 15.0 Å². The highest BCUT2D eigenvalue weighted by molar-refractivity contribution is 7.89. The number of fused-ring (bicyclic) bond motifs is 1. The number of carbonyl (C=O) groups excluding carboxylic acids is 1. The van der Waals surface area contributed by atoms with E-state index in [1.54, 1.807) is 6.20 Å². The van der Waals surface area contributed by atoms with Crippen LogP contribution in [-0.4, -0.2) is 37.0 Å². The van der Waals surface area contributed by atoms with Crippen LogP contribution in [0.2, 0.25) is 5.02 Å². The van der Waals surface area contributed by atoms with Crippen molar-refractivity contribution in [2.45, 2.75) is 24.3 Å². The molecule has 2 heterocycles. The van der Waals surface area contributed by atoms with Gasteiger partial charge >= 0.3 is 0 Å². The molecule has 3 N–H and O–H groups in total. The van der Waals surface area contributed by atoms with Crippen molar-refractivity contribution in [2.24, 2.45) is 11.7 Å². The van der Waals surface area contributed by atoms with E-state index in [9.17, 15) is 13.2 Å². The lowest BCUT2D eigenvalue weighted by Gasteiger charge is -2.24. The number of carbonyl (C=O) groups is 1. The highest BCUT2D eigenvalue weighted by Gasteiger charge is 2.24. The van der Waals surface area contributed by atoms with Gasteiger partial charge in [-0.2, -0.15) is 0 Å². The van der Waals surface area contributed by atoms with E-state index in [0.29, 0.717) is 6.54 Å². The molecule has 1 amide bonds. The monoisotopic (exact) mass is 398 g/mol. The first-order valence-electron chi connectivity index (χ1n) is 8.05. The number of sulfonamides is 1. The second-order valence-corrected chi connectivity index (χ2v) is 8.27. The van der Waals surface area contributed by atoms with Crippen molar-refractivity contribution in [1.29, 1.82) is 0 Å². The SMILES string of the molecule is NC(=O)COc1ccc(Cl)cc1S(=O)(=O)NC[C@H]1CCc2nccn2C1. The minimum Gasteiger partial charge on any atom is -0.482 e. The summed E-state index contributed by atoms with van der Waals surface area (Å²) in [6, 6.07) is 4.17. The number of imidazole rings is 1. The minimum absolute atomic E-state index is 0.0289. The maximum Gasteiger partial charge on any atom is 0.255 e. The van der Waals surface area contributed by atoms with Crippen molar-refractivity contribution in [2.75, 3.05) is 13.2 Å². The fraction of sp³-hybridized carbons (Fsp3) is 0.375. The molecule has 1 aliphatic heterocycles. The molecule has 1 aromatic carbocycles. The Bertz CT molecular complexity index is 913. The number of nitrogens with zero attached hydrogens (tertiary/aromatic N) is 2. The van der Waals surface area contributed by atoms with Crippen molar-refractivity contribution >= 4 is 27.5 Å². The molecule has 2 aromatic rings. The fourth-order valence-electron chi connectivity index (χ4n) is 2.87. The lowest BCUT2D eigenvalue weighted by molar-refractivity contribution is -0.120. The van der Waals surface area contributed by atoms with E-state index in [1.165, 1.54) is 18.2 Å². The number of hydrogen-bond acceptors (Lipinski definition) is 5. The van der Waals surface area contributed by atoms with Crippen LogP contribution in [0.4, 0.5) is 0 Å². The summed E-state index contributed by atoms with van der Waals surface area (Å²) >= 11 is 5.93. The summed E-state index contributed by atoms with van der Waals surface area (Å²) in [5.74, 6) is 0.498. The van der Waals surface area contributed by atoms with E-state index in [-0.39, 0.29) is 28.1 Å². The molecule has 0 unspecified atom stereocenters. The van der Waals surface area contributed by atoms with Crippen LogP contribution in [0, 0.1) is 5.92 Å². The van der Waals surface area contributed by atoms with E-state index in [4.69, 9.17) is 22.1 Å². The first kappa shape index (κ1) is 18.7. The van der Waals surface area contributed by atoms with Gasteiger partial charge in [0.15, 0.2) is 6.61 Å². The topological polar surface area (TPSA) is 116 Å². The molecule has 26 heavy (non-hydrogen) atoms. The van der Waals surface area contributed by atoms with Crippen LogP contribution in [0.5, 0.6) is 5.75 Å². The fourth-order valence-corrected chi connectivity index (χ4v) is 4.39. The van der Waals surface area contributed by atoms with Crippen LogP contribution in [0.1, 0.15) is 12.2 Å². The summed E-state index contributed by atoms with van der Waals surface area (Å²) in [5, 5.41) is 0.248. The molecule has 0 radical (unpaired) electrons. The predicted molar refractivity (Wildman–Crippen MR) is 95.4 cm³/mol. The molecule has 1 aromatic heterocycles. The molecule has 10 heteroatoms. The normalized spacial score (nSPS) is 16.9. The van der Waals surface area contributed by atoms with Crippen molar-refractivity contribution in [3.63, 3.8) is 0 Å². The zero-order chi connectivity index (χ0) is 18.7. The third kappa shape index (κ3) is 4.35. The third-order valence-corrected chi connectivity index (χ3v) is 5.84. The standard InChI is InChI=1S/C16H19ClN4O4S/c17-12-2-3-13(25-10-15(18)22)14(7-12)26(23,24)20-8-11-1-4-16-19-5-6-21(16)9-11/h2-3,5-7,11,20H,1,4,8-10H2,(H2,18,22)/t11-/m1/s1. The van der Waals surface area contributed by atoms with Crippen molar-refractivity contribution < 1.29 is 17.9 Å². The second-order valence-electron chi connectivity index (χ2n) is 6.10. The Balaban J connectivity index is 1.72. The molecule has 0 bridgehead atoms. The molecule has 3 rings (SSSR count). The van der Waals surface area contributed by atoms with Gasteiger partial charge in [0.05, 0.1) is 0 Å². The molecular formula is C16H19ClN4O4S. The van der Waals surface area contributed by atoms with Crippen molar-refractivity contribution in [1.82, 2.24) is 14.3 Å². The molecule has 0 saturated heterocycles. The van der Waals surface area contributed by atoms with Crippen LogP contribution in [0.15, 0.2) is 35.5 Å². The average molecular weight is 399 g/mol. The second kappa shape index (κ2) is 7.65. The maximum atomic E-state index is 12.7. The largest absolute Gasteiger partial charge is 0.482 e. The van der Waals surface area contributed by atoms with Gasteiger partial charge in [0.2, 0.25) is 10.0 Å². The lowest BCUT2D eigenvalue weighted by Crippen LogP contribution is -2.34. The van der Waals surface area contributed by atoms with Crippen LogP contribution in [0.25, 0.3) is 0 Å². The van der Waals surface area contributed by atoms with Crippen LogP contribution >= 0.6 is 11.6 Å². The highest BCUT2D eigenvalue weighted by Crippen LogP contribution is 2.27. The Hall–Kier alpha value is -2.10. The Kier molecular flexibility index (Phi) is 5.49. The zero-order valence-corrected chi connectivity index (χ0v) is 15.5. The number of halogens is 1. The number of amides is 1. The summed E-state index contributed by atoms with van der Waals surface area (Å²) < 4.78 is 35.2. The van der Waals surface area contributed by atoms with E-state index >= 15 is 0 Å². The molecule has 0 aliphatic carbocycles. The number of benzene rings is 1. The quantitative estimate of drug-likeness (QED) is 0.720. The first-order valence-corrected chi connectivity index (χ1v) is 9.91. The third-order valence-electron chi connectivity index (χ3n) is 4.16. The molecule has 0 fully saturated rings. The van der Waals surface area contributed by atoms with E-state index in [2.05, 4.69) is 9.71 Å². The van der Waals surface area contributed by atoms with Gasteiger partial charge in [0, 0.05) is 36.9 Å². The number of hydrogen-bond donors (Lipinski definition) is 2. The number of nitrogens with one attached hydrogen (secondary N) is 1. The Labute approximate surface area is 156 Å². The Morgan fingerprint density at radius 2 is 2.27 bits per heavy atom. The van der Waals surface area contributed by atoms with Gasteiger partial charge in [-0.25, -0.2) is 18.1 Å². The minimum atomic E-state index is -3.86. The number of ether oxygens (including phenoxy) is 1.